The maximum Gasteiger partial charge on any atom is 0.508 e. The Kier molecular flexibility index (Phi) is 40.0. The van der Waals surface area contributed by atoms with Crippen LogP contribution in [0.3, 0.4) is 0 Å². The van der Waals surface area contributed by atoms with Gasteiger partial charge in [0.25, 0.3) is 0 Å². The third kappa shape index (κ3) is 37.4. The number of rotatable bonds is 38. The summed E-state index contributed by atoms with van der Waals surface area (Å²) in [6, 6.07) is 0. The molecule has 0 amide bonds. The number of aliphatic hydroxyl groups excluding tert-OH is 2. The average Bonchev–Trinajstić information content (AvgIpc) is 3.12. The third-order valence-corrected chi connectivity index (χ3v) is 9.35. The molecular formula is C45H82O5. The molecule has 0 heterocycles. The summed E-state index contributed by atoms with van der Waals surface area (Å²) in [6.45, 7) is 4.70. The Balaban J connectivity index is 4.10. The Bertz CT molecular complexity index is 737. The van der Waals surface area contributed by atoms with Gasteiger partial charge in [0.15, 0.2) is 0 Å². The highest BCUT2D eigenvalue weighted by Gasteiger charge is 2.19. The Morgan fingerprint density at radius 2 is 0.720 bits per heavy atom. The molecule has 0 spiro atoms. The van der Waals surface area contributed by atoms with Crippen LogP contribution in [0.25, 0.3) is 0 Å². The van der Waals surface area contributed by atoms with Gasteiger partial charge in [-0.25, -0.2) is 4.79 Å². The van der Waals surface area contributed by atoms with Crippen molar-refractivity contribution in [1.29, 1.82) is 0 Å². The summed E-state index contributed by atoms with van der Waals surface area (Å²) in [7, 11) is 0. The normalized spacial score (nSPS) is 13.4. The Morgan fingerprint density at radius 3 is 1.06 bits per heavy atom. The van der Waals surface area contributed by atoms with Crippen LogP contribution in [0.1, 0.15) is 206 Å². The van der Waals surface area contributed by atoms with Crippen molar-refractivity contribution in [1.82, 2.24) is 0 Å². The number of allylic oxidation sites excluding steroid dienone is 8. The van der Waals surface area contributed by atoms with Crippen LogP contribution in [-0.2, 0) is 9.47 Å². The summed E-state index contributed by atoms with van der Waals surface area (Å²) in [4.78, 5) is 12.7. The zero-order valence-electron chi connectivity index (χ0n) is 33.0. The van der Waals surface area contributed by atoms with Gasteiger partial charge in [-0.2, -0.15) is 0 Å². The fraction of sp³-hybridized carbons (Fsp3) is 0.800. The predicted molar refractivity (Wildman–Crippen MR) is 216 cm³/mol. The van der Waals surface area contributed by atoms with Gasteiger partial charge in [0.05, 0.1) is 0 Å². The van der Waals surface area contributed by atoms with Gasteiger partial charge in [0.1, 0.15) is 12.2 Å². The highest BCUT2D eigenvalue weighted by atomic mass is 16.7. The molecule has 0 aromatic rings. The summed E-state index contributed by atoms with van der Waals surface area (Å²) >= 11 is 0. The molecule has 0 saturated carbocycles. The summed E-state index contributed by atoms with van der Waals surface area (Å²) in [5.74, 6) is 0. The van der Waals surface area contributed by atoms with Crippen molar-refractivity contribution in [2.75, 3.05) is 13.2 Å². The molecule has 0 saturated heterocycles. The smallest absolute Gasteiger partial charge is 0.431 e. The van der Waals surface area contributed by atoms with Crippen LogP contribution in [-0.4, -0.2) is 41.8 Å². The lowest BCUT2D eigenvalue weighted by Crippen LogP contribution is -2.24. The highest BCUT2D eigenvalue weighted by molar-refractivity contribution is 5.60. The fourth-order valence-corrected chi connectivity index (χ4v) is 6.18. The van der Waals surface area contributed by atoms with E-state index in [4.69, 9.17) is 9.47 Å². The van der Waals surface area contributed by atoms with Crippen molar-refractivity contribution in [3.63, 3.8) is 0 Å². The van der Waals surface area contributed by atoms with Gasteiger partial charge in [0.2, 0.25) is 0 Å². The van der Waals surface area contributed by atoms with Gasteiger partial charge in [0, 0.05) is 13.2 Å². The van der Waals surface area contributed by atoms with E-state index in [9.17, 15) is 15.0 Å². The van der Waals surface area contributed by atoms with Crippen molar-refractivity contribution in [3.8, 4) is 0 Å². The quantitative estimate of drug-likeness (QED) is 0.0380. The second-order valence-electron chi connectivity index (χ2n) is 14.2. The van der Waals surface area contributed by atoms with Crippen molar-refractivity contribution in [2.24, 2.45) is 0 Å². The van der Waals surface area contributed by atoms with E-state index in [2.05, 4.69) is 62.5 Å². The van der Waals surface area contributed by atoms with Gasteiger partial charge in [-0.05, 0) is 116 Å². The first kappa shape index (κ1) is 48.1. The Labute approximate surface area is 310 Å². The van der Waals surface area contributed by atoms with E-state index in [0.29, 0.717) is 25.7 Å². The molecule has 5 heteroatoms. The molecule has 0 aliphatic carbocycles. The third-order valence-electron chi connectivity index (χ3n) is 9.35. The molecule has 50 heavy (non-hydrogen) atoms. The van der Waals surface area contributed by atoms with Crippen LogP contribution in [0.15, 0.2) is 48.6 Å². The summed E-state index contributed by atoms with van der Waals surface area (Å²) in [5.41, 5.74) is 0. The standard InChI is InChI=1S/C45H82O5/c1-3-5-7-9-11-13-15-17-19-21-23-25-27-29-31-33-37-43(39-35-41-46)49-45(48)50-44(40-36-42-47)38-34-32-30-28-26-24-22-20-18-16-14-12-10-8-6-4-2/h11-14,17-20,43-44,46-47H,3-10,15-16,21-42H2,1-2H3/b13-11-,14-12-,19-17-,20-18-. The second-order valence-corrected chi connectivity index (χ2v) is 14.2. The first-order valence-corrected chi connectivity index (χ1v) is 21.4. The molecule has 0 aliphatic rings. The van der Waals surface area contributed by atoms with Crippen molar-refractivity contribution >= 4 is 6.16 Å². The van der Waals surface area contributed by atoms with Crippen LogP contribution >= 0.6 is 0 Å². The molecule has 0 radical (unpaired) electrons. The number of unbranched alkanes of at least 4 members (excludes halogenated alkanes) is 18. The molecule has 5 nitrogen and oxygen atoms in total. The van der Waals surface area contributed by atoms with Gasteiger partial charge < -0.3 is 19.7 Å². The van der Waals surface area contributed by atoms with Gasteiger partial charge in [-0.3, -0.25) is 0 Å². The van der Waals surface area contributed by atoms with Crippen LogP contribution in [0.4, 0.5) is 4.79 Å². The number of carbonyl (C=O) groups is 1. The minimum Gasteiger partial charge on any atom is -0.431 e. The van der Waals surface area contributed by atoms with Crippen LogP contribution in [0.5, 0.6) is 0 Å². The van der Waals surface area contributed by atoms with E-state index in [1.54, 1.807) is 0 Å². The first-order chi connectivity index (χ1) is 24.7. The zero-order chi connectivity index (χ0) is 36.4. The summed E-state index contributed by atoms with van der Waals surface area (Å²) < 4.78 is 11.5. The van der Waals surface area contributed by atoms with Crippen molar-refractivity contribution < 1.29 is 24.5 Å². The topological polar surface area (TPSA) is 76.0 Å². The van der Waals surface area contributed by atoms with E-state index in [1.807, 2.05) is 0 Å². The fourth-order valence-electron chi connectivity index (χ4n) is 6.18. The lowest BCUT2D eigenvalue weighted by molar-refractivity contribution is -0.0137. The molecule has 292 valence electrons. The monoisotopic (exact) mass is 703 g/mol. The summed E-state index contributed by atoms with van der Waals surface area (Å²) in [6.07, 6.45) is 50.6. The van der Waals surface area contributed by atoms with Gasteiger partial charge in [-0.15, -0.1) is 0 Å². The Hall–Kier alpha value is -1.85. The van der Waals surface area contributed by atoms with Crippen LogP contribution < -0.4 is 0 Å². The minimum absolute atomic E-state index is 0.102. The highest BCUT2D eigenvalue weighted by Crippen LogP contribution is 2.19. The van der Waals surface area contributed by atoms with Gasteiger partial charge >= 0.3 is 6.16 Å². The lowest BCUT2D eigenvalue weighted by Gasteiger charge is -2.21. The molecular weight excluding hydrogens is 620 g/mol. The summed E-state index contributed by atoms with van der Waals surface area (Å²) in [5, 5.41) is 18.7. The number of hydrogen-bond donors (Lipinski definition) is 2. The largest absolute Gasteiger partial charge is 0.508 e. The van der Waals surface area contributed by atoms with E-state index in [-0.39, 0.29) is 25.4 Å². The number of ether oxygens (including phenoxy) is 2. The van der Waals surface area contributed by atoms with Crippen molar-refractivity contribution in [2.45, 2.75) is 219 Å². The van der Waals surface area contributed by atoms with Crippen molar-refractivity contribution in [3.05, 3.63) is 48.6 Å². The lowest BCUT2D eigenvalue weighted by atomic mass is 10.0. The molecule has 0 aliphatic heterocycles. The van der Waals surface area contributed by atoms with Crippen LogP contribution in [0, 0.1) is 0 Å². The van der Waals surface area contributed by atoms with E-state index in [0.717, 1.165) is 64.2 Å². The molecule has 0 rings (SSSR count). The Morgan fingerprint density at radius 1 is 0.420 bits per heavy atom. The number of aliphatic hydroxyl groups is 2. The average molecular weight is 703 g/mol. The molecule has 2 atom stereocenters. The SMILES string of the molecule is CCCCC/C=C\C/C=C\CCCCCCCCC(CCCO)OC(=O)OC(CCCO)CCCCCCCC/C=C\C/C=C\CCCCC. The van der Waals surface area contributed by atoms with Crippen LogP contribution in [0.2, 0.25) is 0 Å². The molecule has 0 aromatic carbocycles. The van der Waals surface area contributed by atoms with Gasteiger partial charge in [-0.1, -0.05) is 140 Å². The maximum atomic E-state index is 12.7. The zero-order valence-corrected chi connectivity index (χ0v) is 33.0. The molecule has 0 aromatic heterocycles. The molecule has 0 fully saturated rings. The molecule has 2 unspecified atom stereocenters. The molecule has 0 bridgehead atoms. The van der Waals surface area contributed by atoms with E-state index < -0.39 is 6.16 Å². The molecule has 2 N–H and O–H groups in total. The minimum atomic E-state index is -0.587. The maximum absolute atomic E-state index is 12.7. The second kappa shape index (κ2) is 41.6. The van der Waals surface area contributed by atoms with E-state index in [1.165, 1.54) is 103 Å². The number of carbonyl (C=O) groups excluding carboxylic acids is 1. The predicted octanol–water partition coefficient (Wildman–Crippen LogP) is 13.8. The van der Waals surface area contributed by atoms with E-state index >= 15 is 0 Å². The number of hydrogen-bond acceptors (Lipinski definition) is 5. The first-order valence-electron chi connectivity index (χ1n) is 21.4.